The van der Waals surface area contributed by atoms with Gasteiger partial charge >= 0.3 is 0 Å². The summed E-state index contributed by atoms with van der Waals surface area (Å²) in [5, 5.41) is 9.80. The minimum absolute atomic E-state index is 0.207. The number of thiazole rings is 1. The van der Waals surface area contributed by atoms with Crippen LogP contribution >= 0.6 is 22.7 Å². The minimum Gasteiger partial charge on any atom is -0.342 e. The van der Waals surface area contributed by atoms with Crippen LogP contribution in [0.2, 0.25) is 0 Å². The lowest BCUT2D eigenvalue weighted by Gasteiger charge is -2.16. The van der Waals surface area contributed by atoms with Gasteiger partial charge in [-0.15, -0.1) is 11.3 Å². The summed E-state index contributed by atoms with van der Waals surface area (Å²) in [4.78, 5) is 28.5. The summed E-state index contributed by atoms with van der Waals surface area (Å²) in [5.41, 5.74) is 1.31. The van der Waals surface area contributed by atoms with Gasteiger partial charge in [0.2, 0.25) is 0 Å². The molecule has 7 heteroatoms. The second-order valence-corrected chi connectivity index (χ2v) is 6.80. The van der Waals surface area contributed by atoms with Crippen molar-refractivity contribution in [3.8, 4) is 0 Å². The number of thiophene rings is 1. The summed E-state index contributed by atoms with van der Waals surface area (Å²) in [6.45, 7) is 0. The van der Waals surface area contributed by atoms with E-state index in [0.29, 0.717) is 12.0 Å². The highest BCUT2D eigenvalue weighted by atomic mass is 32.1. The van der Waals surface area contributed by atoms with E-state index < -0.39 is 0 Å². The Morgan fingerprint density at radius 3 is 2.91 bits per heavy atom. The van der Waals surface area contributed by atoms with Gasteiger partial charge in [0.1, 0.15) is 5.01 Å². The van der Waals surface area contributed by atoms with Crippen molar-refractivity contribution in [3.05, 3.63) is 73.2 Å². The first-order valence-corrected chi connectivity index (χ1v) is 8.84. The summed E-state index contributed by atoms with van der Waals surface area (Å²) in [6.07, 6.45) is 3.99. The first kappa shape index (κ1) is 15.6. The van der Waals surface area contributed by atoms with Crippen molar-refractivity contribution in [2.45, 2.75) is 12.5 Å². The second kappa shape index (κ2) is 6.89. The second-order valence-electron chi connectivity index (χ2n) is 5.10. The van der Waals surface area contributed by atoms with Gasteiger partial charge in [-0.3, -0.25) is 9.59 Å². The van der Waals surface area contributed by atoms with Gasteiger partial charge in [0, 0.05) is 42.9 Å². The van der Waals surface area contributed by atoms with Gasteiger partial charge in [-0.25, -0.2) is 4.98 Å². The number of hydrogen-bond donors (Lipinski definition) is 1. The predicted octanol–water partition coefficient (Wildman–Crippen LogP) is 2.62. The fourth-order valence-corrected chi connectivity index (χ4v) is 3.55. The fourth-order valence-electron chi connectivity index (χ4n) is 2.18. The number of aryl methyl sites for hydroxylation is 1. The Kier molecular flexibility index (Phi) is 4.68. The largest absolute Gasteiger partial charge is 0.342 e. The minimum atomic E-state index is -0.266. The molecule has 1 atom stereocenters. The number of rotatable bonds is 5. The molecule has 3 heterocycles. The van der Waals surface area contributed by atoms with E-state index in [0.717, 1.165) is 10.6 Å². The highest BCUT2D eigenvalue weighted by Crippen LogP contribution is 2.22. The molecule has 1 amide bonds. The van der Waals surface area contributed by atoms with Crippen LogP contribution in [0, 0.1) is 0 Å². The molecule has 0 aliphatic rings. The first-order chi connectivity index (χ1) is 11.1. The molecule has 1 N–H and O–H groups in total. The Balaban J connectivity index is 1.81. The number of pyridine rings is 1. The molecule has 23 heavy (non-hydrogen) atoms. The molecule has 0 spiro atoms. The van der Waals surface area contributed by atoms with Gasteiger partial charge in [-0.2, -0.15) is 11.3 Å². The van der Waals surface area contributed by atoms with Crippen LogP contribution in [0.25, 0.3) is 0 Å². The maximum Gasteiger partial charge on any atom is 0.252 e. The van der Waals surface area contributed by atoms with Gasteiger partial charge in [0.15, 0.2) is 0 Å². The molecule has 0 bridgehead atoms. The third kappa shape index (κ3) is 3.75. The normalized spacial score (nSPS) is 12.0. The average Bonchev–Trinajstić information content (AvgIpc) is 3.22. The molecular formula is C16H15N3O2S2. The average molecular weight is 345 g/mol. The lowest BCUT2D eigenvalue weighted by Crippen LogP contribution is -2.31. The lowest BCUT2D eigenvalue weighted by molar-refractivity contribution is 0.0936. The molecule has 0 saturated carbocycles. The van der Waals surface area contributed by atoms with Crippen molar-refractivity contribution >= 4 is 28.6 Å². The Hall–Kier alpha value is -2.25. The summed E-state index contributed by atoms with van der Waals surface area (Å²) in [6, 6.07) is 4.82. The van der Waals surface area contributed by atoms with E-state index in [1.807, 2.05) is 16.8 Å². The Bertz CT molecular complexity index is 839. The molecule has 0 aromatic carbocycles. The first-order valence-electron chi connectivity index (χ1n) is 7.01. The number of hydrogen-bond acceptors (Lipinski definition) is 5. The molecule has 0 aliphatic carbocycles. The standard InChI is InChI=1S/C16H15N3O2S2/c1-19-5-2-12(9-14(19)20)15(21)18-13(16-17-4-7-23-16)8-11-3-6-22-10-11/h2-7,9-10,13H,8H2,1H3,(H,18,21). The molecule has 3 aromatic heterocycles. The molecule has 1 unspecified atom stereocenters. The van der Waals surface area contributed by atoms with Crippen LogP contribution in [0.4, 0.5) is 0 Å². The van der Waals surface area contributed by atoms with Gasteiger partial charge in [-0.1, -0.05) is 0 Å². The van der Waals surface area contributed by atoms with Crippen molar-refractivity contribution in [1.82, 2.24) is 14.9 Å². The van der Waals surface area contributed by atoms with Crippen LogP contribution in [0.3, 0.4) is 0 Å². The van der Waals surface area contributed by atoms with Crippen LogP contribution in [0.1, 0.15) is 27.0 Å². The molecule has 0 saturated heterocycles. The third-order valence-corrected chi connectivity index (χ3v) is 5.06. The van der Waals surface area contributed by atoms with Gasteiger partial charge in [0.05, 0.1) is 6.04 Å². The van der Waals surface area contributed by atoms with E-state index in [9.17, 15) is 9.59 Å². The molecule has 3 aromatic rings. The van der Waals surface area contributed by atoms with Crippen LogP contribution in [0.5, 0.6) is 0 Å². The zero-order valence-corrected chi connectivity index (χ0v) is 14.1. The van der Waals surface area contributed by atoms with Crippen molar-refractivity contribution in [2.24, 2.45) is 7.05 Å². The zero-order valence-electron chi connectivity index (χ0n) is 12.4. The van der Waals surface area contributed by atoms with E-state index in [2.05, 4.69) is 15.7 Å². The Labute approximate surface area is 141 Å². The SMILES string of the molecule is Cn1ccc(C(=O)NC(Cc2ccsc2)c2nccs2)cc1=O. The van der Waals surface area contributed by atoms with E-state index in [1.165, 1.54) is 22.0 Å². The maximum absolute atomic E-state index is 12.5. The zero-order chi connectivity index (χ0) is 16.2. The third-order valence-electron chi connectivity index (χ3n) is 3.44. The number of carbonyl (C=O) groups excluding carboxylic acids is 1. The van der Waals surface area contributed by atoms with Crippen LogP contribution < -0.4 is 10.9 Å². The van der Waals surface area contributed by atoms with Crippen LogP contribution in [-0.2, 0) is 13.5 Å². The number of nitrogens with one attached hydrogen (secondary N) is 1. The van der Waals surface area contributed by atoms with Crippen molar-refractivity contribution in [2.75, 3.05) is 0 Å². The van der Waals surface area contributed by atoms with Crippen LogP contribution in [-0.4, -0.2) is 15.5 Å². The summed E-state index contributed by atoms with van der Waals surface area (Å²) in [5.74, 6) is -0.266. The number of amides is 1. The highest BCUT2D eigenvalue weighted by molar-refractivity contribution is 7.09. The van der Waals surface area contributed by atoms with Crippen molar-refractivity contribution in [3.63, 3.8) is 0 Å². The fraction of sp³-hybridized carbons (Fsp3) is 0.188. The summed E-state index contributed by atoms with van der Waals surface area (Å²) in [7, 11) is 1.65. The molecule has 0 fully saturated rings. The number of aromatic nitrogens is 2. The van der Waals surface area contributed by atoms with E-state index in [1.54, 1.807) is 36.8 Å². The summed E-state index contributed by atoms with van der Waals surface area (Å²) >= 11 is 3.13. The molecule has 3 rings (SSSR count). The van der Waals surface area contributed by atoms with E-state index >= 15 is 0 Å². The molecule has 118 valence electrons. The lowest BCUT2D eigenvalue weighted by atomic mass is 10.1. The monoisotopic (exact) mass is 345 g/mol. The molecular weight excluding hydrogens is 330 g/mol. The highest BCUT2D eigenvalue weighted by Gasteiger charge is 2.19. The van der Waals surface area contributed by atoms with Gasteiger partial charge in [-0.05, 0) is 28.5 Å². The van der Waals surface area contributed by atoms with E-state index in [4.69, 9.17) is 0 Å². The molecule has 5 nitrogen and oxygen atoms in total. The van der Waals surface area contributed by atoms with E-state index in [-0.39, 0.29) is 17.5 Å². The topological polar surface area (TPSA) is 64.0 Å². The Morgan fingerprint density at radius 2 is 2.26 bits per heavy atom. The summed E-state index contributed by atoms with van der Waals surface area (Å²) < 4.78 is 1.43. The van der Waals surface area contributed by atoms with Crippen molar-refractivity contribution in [1.29, 1.82) is 0 Å². The smallest absolute Gasteiger partial charge is 0.252 e. The Morgan fingerprint density at radius 1 is 1.39 bits per heavy atom. The van der Waals surface area contributed by atoms with Crippen LogP contribution in [0.15, 0.2) is 51.5 Å². The maximum atomic E-state index is 12.5. The molecule has 0 radical (unpaired) electrons. The quantitative estimate of drug-likeness (QED) is 0.773. The molecule has 0 aliphatic heterocycles. The van der Waals surface area contributed by atoms with Gasteiger partial charge in [0.25, 0.3) is 11.5 Å². The predicted molar refractivity (Wildman–Crippen MR) is 92.0 cm³/mol. The van der Waals surface area contributed by atoms with Gasteiger partial charge < -0.3 is 9.88 Å². The number of carbonyl (C=O) groups is 1. The number of nitrogens with zero attached hydrogens (tertiary/aromatic N) is 2. The van der Waals surface area contributed by atoms with Crippen molar-refractivity contribution < 1.29 is 4.79 Å².